The molecule has 0 aliphatic carbocycles. The second-order valence-electron chi connectivity index (χ2n) is 1.89. The molecule has 1 aromatic rings. The molecule has 0 radical (unpaired) electrons. The monoisotopic (exact) mass is 173 g/mol. The van der Waals surface area contributed by atoms with Crippen molar-refractivity contribution < 1.29 is 15.0 Å². The summed E-state index contributed by atoms with van der Waals surface area (Å²) in [6.07, 6.45) is 5.08. The van der Waals surface area contributed by atoms with Gasteiger partial charge in [0.25, 0.3) is 0 Å². The van der Waals surface area contributed by atoms with Crippen molar-refractivity contribution in [2.45, 2.75) is 6.04 Å². The summed E-state index contributed by atoms with van der Waals surface area (Å²) in [4.78, 5) is 16.1. The Morgan fingerprint density at radius 1 is 1.75 bits per heavy atom. The Kier molecular flexibility index (Phi) is 5.58. The number of hydrogen-bond donors (Lipinski definition) is 4. The van der Waals surface area contributed by atoms with Gasteiger partial charge in [0.05, 0.1) is 12.9 Å². The number of aromatic amines is 1. The number of nitrogens with one attached hydrogen (secondary N) is 1. The number of hydrogen-bond acceptors (Lipinski definition) is 4. The molecular formula is C6H11N3O3. The van der Waals surface area contributed by atoms with E-state index < -0.39 is 18.6 Å². The molecule has 5 N–H and O–H groups in total. The van der Waals surface area contributed by atoms with E-state index in [1.807, 2.05) is 0 Å². The molecule has 0 aliphatic heterocycles. The fraction of sp³-hybridized carbons (Fsp3) is 0.333. The highest BCUT2D eigenvalue weighted by Crippen LogP contribution is 1.71. The molecule has 1 atom stereocenters. The number of carboxylic acid groups (broad SMARTS) is 1. The first kappa shape index (κ1) is 10.6. The second-order valence-corrected chi connectivity index (χ2v) is 1.89. The van der Waals surface area contributed by atoms with Crippen LogP contribution in [-0.2, 0) is 4.79 Å². The molecule has 0 bridgehead atoms. The van der Waals surface area contributed by atoms with Gasteiger partial charge in [-0.05, 0) is 0 Å². The van der Waals surface area contributed by atoms with Crippen LogP contribution in [0.1, 0.15) is 0 Å². The lowest BCUT2D eigenvalue weighted by Crippen LogP contribution is -2.33. The first-order chi connectivity index (χ1) is 5.68. The lowest BCUT2D eigenvalue weighted by Gasteiger charge is -1.96. The first-order valence-corrected chi connectivity index (χ1v) is 3.20. The molecule has 6 heteroatoms. The molecule has 0 saturated carbocycles. The molecule has 0 unspecified atom stereocenters. The van der Waals surface area contributed by atoms with Crippen LogP contribution in [-0.4, -0.2) is 38.8 Å². The molecule has 1 heterocycles. The number of H-pyrrole nitrogens is 1. The van der Waals surface area contributed by atoms with E-state index in [1.165, 1.54) is 0 Å². The van der Waals surface area contributed by atoms with Crippen LogP contribution in [0.15, 0.2) is 18.7 Å². The normalized spacial score (nSPS) is 11.2. The summed E-state index contributed by atoms with van der Waals surface area (Å²) in [5.41, 5.74) is 4.77. The number of carboxylic acids is 1. The summed E-state index contributed by atoms with van der Waals surface area (Å²) >= 11 is 0. The van der Waals surface area contributed by atoms with Crippen molar-refractivity contribution in [3.63, 3.8) is 0 Å². The molecule has 6 nitrogen and oxygen atoms in total. The zero-order valence-corrected chi connectivity index (χ0v) is 6.34. The van der Waals surface area contributed by atoms with Crippen LogP contribution in [0.5, 0.6) is 0 Å². The Balaban J connectivity index is 0.000000211. The quantitative estimate of drug-likeness (QED) is 0.448. The van der Waals surface area contributed by atoms with E-state index >= 15 is 0 Å². The van der Waals surface area contributed by atoms with Crippen molar-refractivity contribution >= 4 is 5.97 Å². The van der Waals surface area contributed by atoms with Crippen LogP contribution in [0, 0.1) is 0 Å². The van der Waals surface area contributed by atoms with Crippen molar-refractivity contribution in [1.82, 2.24) is 9.97 Å². The predicted molar refractivity (Wildman–Crippen MR) is 41.3 cm³/mol. The molecule has 12 heavy (non-hydrogen) atoms. The minimum Gasteiger partial charge on any atom is -0.480 e. The molecule has 0 saturated heterocycles. The van der Waals surface area contributed by atoms with Crippen molar-refractivity contribution in [3.8, 4) is 0 Å². The Hall–Kier alpha value is -1.40. The van der Waals surface area contributed by atoms with Crippen LogP contribution < -0.4 is 5.73 Å². The van der Waals surface area contributed by atoms with Gasteiger partial charge in [0.15, 0.2) is 0 Å². The van der Waals surface area contributed by atoms with Gasteiger partial charge in [-0.3, -0.25) is 4.79 Å². The maximum absolute atomic E-state index is 9.65. The largest absolute Gasteiger partial charge is 0.480 e. The second kappa shape index (κ2) is 6.32. The number of carbonyl (C=O) groups is 1. The smallest absolute Gasteiger partial charge is 0.322 e. The minimum absolute atomic E-state index is 0.505. The van der Waals surface area contributed by atoms with Gasteiger partial charge in [-0.15, -0.1) is 0 Å². The van der Waals surface area contributed by atoms with Crippen molar-refractivity contribution in [1.29, 1.82) is 0 Å². The van der Waals surface area contributed by atoms with Crippen molar-refractivity contribution in [3.05, 3.63) is 18.7 Å². The molecule has 0 fully saturated rings. The maximum Gasteiger partial charge on any atom is 0.322 e. The standard InChI is InChI=1S/C3H4N2.C3H7NO3/c1-2-5-3-4-1;4-2(1-5)3(6)7/h1-3H,(H,4,5);2,5H,1,4H2,(H,6,7)/t;2-/m.0/s1. The number of aliphatic hydroxyl groups excluding tert-OH is 1. The summed E-state index contributed by atoms with van der Waals surface area (Å²) < 4.78 is 0. The lowest BCUT2D eigenvalue weighted by molar-refractivity contribution is -0.139. The number of aliphatic hydroxyl groups is 1. The molecule has 68 valence electrons. The van der Waals surface area contributed by atoms with Gasteiger partial charge in [0, 0.05) is 12.4 Å². The maximum atomic E-state index is 9.65. The lowest BCUT2D eigenvalue weighted by atomic mass is 10.3. The third kappa shape index (κ3) is 5.39. The zero-order valence-electron chi connectivity index (χ0n) is 6.34. The molecule has 1 rings (SSSR count). The molecule has 0 aromatic carbocycles. The molecule has 0 aliphatic rings. The number of aliphatic carboxylic acids is 1. The van der Waals surface area contributed by atoms with Crippen LogP contribution in [0.3, 0.4) is 0 Å². The highest BCUT2D eigenvalue weighted by molar-refractivity contribution is 5.73. The fourth-order valence-electron chi connectivity index (χ4n) is 0.293. The van der Waals surface area contributed by atoms with E-state index in [9.17, 15) is 4.79 Å². The van der Waals surface area contributed by atoms with Gasteiger partial charge < -0.3 is 20.9 Å². The van der Waals surface area contributed by atoms with E-state index in [4.69, 9.17) is 15.9 Å². The number of rotatable bonds is 2. The molecular weight excluding hydrogens is 162 g/mol. The van der Waals surface area contributed by atoms with Gasteiger partial charge in [-0.1, -0.05) is 0 Å². The van der Waals surface area contributed by atoms with Gasteiger partial charge in [-0.2, -0.15) is 0 Å². The van der Waals surface area contributed by atoms with Gasteiger partial charge >= 0.3 is 5.97 Å². The Morgan fingerprint density at radius 2 is 2.42 bits per heavy atom. The molecule has 1 aromatic heterocycles. The summed E-state index contributed by atoms with van der Waals surface area (Å²) in [6.45, 7) is -0.505. The molecule has 0 amide bonds. The van der Waals surface area contributed by atoms with Crippen LogP contribution in [0.2, 0.25) is 0 Å². The van der Waals surface area contributed by atoms with Crippen molar-refractivity contribution in [2.75, 3.05) is 6.61 Å². The van der Waals surface area contributed by atoms with Gasteiger partial charge in [-0.25, -0.2) is 4.98 Å². The summed E-state index contributed by atoms with van der Waals surface area (Å²) in [7, 11) is 0. The number of imidazole rings is 1. The topological polar surface area (TPSA) is 112 Å². The van der Waals surface area contributed by atoms with Gasteiger partial charge in [0.2, 0.25) is 0 Å². The number of nitrogens with zero attached hydrogens (tertiary/aromatic N) is 1. The molecule has 0 spiro atoms. The highest BCUT2D eigenvalue weighted by atomic mass is 16.4. The number of aromatic nitrogens is 2. The van der Waals surface area contributed by atoms with E-state index in [0.29, 0.717) is 0 Å². The number of nitrogens with two attached hydrogens (primary N) is 1. The van der Waals surface area contributed by atoms with Crippen molar-refractivity contribution in [2.24, 2.45) is 5.73 Å². The van der Waals surface area contributed by atoms with E-state index in [0.717, 1.165) is 0 Å². The summed E-state index contributed by atoms with van der Waals surface area (Å²) in [6, 6.07) is -1.13. The van der Waals surface area contributed by atoms with Crippen LogP contribution >= 0.6 is 0 Å². The minimum atomic E-state index is -1.18. The Labute approximate surface area is 69.1 Å². The first-order valence-electron chi connectivity index (χ1n) is 3.20. The van der Waals surface area contributed by atoms with Gasteiger partial charge in [0.1, 0.15) is 6.04 Å². The predicted octanol–water partition coefficient (Wildman–Crippen LogP) is -1.20. The van der Waals surface area contributed by atoms with E-state index in [1.54, 1.807) is 18.7 Å². The zero-order chi connectivity index (χ0) is 9.40. The SMILES string of the molecule is N[C@@H](CO)C(=O)O.c1c[nH]cn1. The van der Waals surface area contributed by atoms with E-state index in [2.05, 4.69) is 9.97 Å². The van der Waals surface area contributed by atoms with E-state index in [-0.39, 0.29) is 0 Å². The van der Waals surface area contributed by atoms with Crippen LogP contribution in [0.25, 0.3) is 0 Å². The summed E-state index contributed by atoms with van der Waals surface area (Å²) in [5, 5.41) is 15.9. The van der Waals surface area contributed by atoms with Crippen LogP contribution in [0.4, 0.5) is 0 Å². The Morgan fingerprint density at radius 3 is 2.50 bits per heavy atom. The summed E-state index contributed by atoms with van der Waals surface area (Å²) in [5.74, 6) is -1.18. The third-order valence-corrected chi connectivity index (χ3v) is 0.920. The average molecular weight is 173 g/mol. The highest BCUT2D eigenvalue weighted by Gasteiger charge is 2.06. The average Bonchev–Trinajstić information content (AvgIpc) is 2.59. The third-order valence-electron chi connectivity index (χ3n) is 0.920. The Bertz CT molecular complexity index is 183. The fourth-order valence-corrected chi connectivity index (χ4v) is 0.293.